The fourth-order valence-electron chi connectivity index (χ4n) is 0.801. The average Bonchev–Trinajstić information content (AvgIpc) is 2.35. The van der Waals surface area contributed by atoms with Gasteiger partial charge in [-0.05, 0) is 0 Å². The number of amides is 2. The molecule has 0 bridgehead atoms. The van der Waals surface area contributed by atoms with E-state index in [9.17, 15) is 14.4 Å². The molecular formula is C7H8NO4. The molecule has 0 unspecified atom stereocenters. The van der Waals surface area contributed by atoms with Crippen LogP contribution in [0.2, 0.25) is 0 Å². The molecule has 5 heteroatoms. The highest BCUT2D eigenvalue weighted by molar-refractivity contribution is 6.01. The highest BCUT2D eigenvalue weighted by atomic mass is 16.7. The third-order valence-corrected chi connectivity index (χ3v) is 1.42. The first-order chi connectivity index (χ1) is 5.65. The van der Waals surface area contributed by atoms with Crippen molar-refractivity contribution in [2.45, 2.75) is 19.8 Å². The van der Waals surface area contributed by atoms with Crippen LogP contribution in [0.15, 0.2) is 0 Å². The number of nitrogens with zero attached hydrogens (tertiary/aromatic N) is 1. The summed E-state index contributed by atoms with van der Waals surface area (Å²) in [4.78, 5) is 36.8. The fraction of sp³-hybridized carbons (Fsp3) is 0.429. The van der Waals surface area contributed by atoms with Gasteiger partial charge in [0, 0.05) is 12.8 Å². The molecule has 0 aromatic carbocycles. The minimum atomic E-state index is -0.696. The van der Waals surface area contributed by atoms with Crippen molar-refractivity contribution < 1.29 is 19.2 Å². The summed E-state index contributed by atoms with van der Waals surface area (Å²) >= 11 is 0. The second-order valence-corrected chi connectivity index (χ2v) is 2.28. The molecule has 0 N–H and O–H groups in total. The molecule has 0 aromatic heterocycles. The van der Waals surface area contributed by atoms with Crippen LogP contribution in [-0.2, 0) is 19.2 Å². The molecule has 12 heavy (non-hydrogen) atoms. The summed E-state index contributed by atoms with van der Waals surface area (Å²) in [5.74, 6) is -1.62. The molecule has 1 aliphatic heterocycles. The number of carbonyl (C=O) groups excluding carboxylic acids is 3. The quantitative estimate of drug-likeness (QED) is 0.539. The van der Waals surface area contributed by atoms with Gasteiger partial charge in [-0.25, -0.2) is 4.79 Å². The van der Waals surface area contributed by atoms with Gasteiger partial charge in [0.1, 0.15) is 0 Å². The zero-order valence-electron chi connectivity index (χ0n) is 6.57. The summed E-state index contributed by atoms with van der Waals surface area (Å²) in [5, 5.41) is 0.516. The second kappa shape index (κ2) is 3.34. The maximum atomic E-state index is 10.9. The van der Waals surface area contributed by atoms with E-state index in [1.165, 1.54) is 6.92 Å². The minimum absolute atomic E-state index is 0.121. The van der Waals surface area contributed by atoms with Gasteiger partial charge in [0.05, 0.1) is 6.42 Å². The number of hydrogen-bond acceptors (Lipinski definition) is 4. The van der Waals surface area contributed by atoms with Crippen LogP contribution < -0.4 is 0 Å². The van der Waals surface area contributed by atoms with E-state index in [2.05, 4.69) is 4.84 Å². The van der Waals surface area contributed by atoms with Gasteiger partial charge in [-0.15, -0.1) is 5.06 Å². The van der Waals surface area contributed by atoms with E-state index in [0.717, 1.165) is 6.42 Å². The third-order valence-electron chi connectivity index (χ3n) is 1.42. The molecule has 2 amide bonds. The SMILES string of the molecule is C[CH]C(=O)ON1C(=O)CCC1=O. The lowest BCUT2D eigenvalue weighted by Gasteiger charge is -2.10. The lowest BCUT2D eigenvalue weighted by molar-refractivity contribution is -0.194. The number of imide groups is 1. The molecule has 1 fully saturated rings. The first-order valence-corrected chi connectivity index (χ1v) is 3.52. The van der Waals surface area contributed by atoms with Gasteiger partial charge in [-0.2, -0.15) is 0 Å². The minimum Gasteiger partial charge on any atom is -0.330 e. The second-order valence-electron chi connectivity index (χ2n) is 2.28. The molecular weight excluding hydrogens is 162 g/mol. The number of rotatable bonds is 2. The summed E-state index contributed by atoms with van der Waals surface area (Å²) in [6, 6.07) is 0. The normalized spacial score (nSPS) is 16.9. The van der Waals surface area contributed by atoms with Crippen LogP contribution in [0.4, 0.5) is 0 Å². The fourth-order valence-corrected chi connectivity index (χ4v) is 0.801. The maximum absolute atomic E-state index is 10.9. The van der Waals surface area contributed by atoms with Crippen LogP contribution in [0.1, 0.15) is 19.8 Å². The van der Waals surface area contributed by atoms with Gasteiger partial charge in [0.15, 0.2) is 0 Å². The van der Waals surface area contributed by atoms with Gasteiger partial charge in [0.25, 0.3) is 11.8 Å². The van der Waals surface area contributed by atoms with Crippen molar-refractivity contribution in [2.24, 2.45) is 0 Å². The molecule has 0 saturated carbocycles. The first-order valence-electron chi connectivity index (χ1n) is 3.52. The van der Waals surface area contributed by atoms with Crippen LogP contribution in [-0.4, -0.2) is 22.8 Å². The Morgan fingerprint density at radius 3 is 2.33 bits per heavy atom. The van der Waals surface area contributed by atoms with Crippen molar-refractivity contribution in [3.63, 3.8) is 0 Å². The molecule has 1 saturated heterocycles. The monoisotopic (exact) mass is 170 g/mol. The lowest BCUT2D eigenvalue weighted by atomic mass is 10.4. The number of hydroxylamine groups is 2. The van der Waals surface area contributed by atoms with E-state index in [4.69, 9.17) is 0 Å². The van der Waals surface area contributed by atoms with Crippen LogP contribution in [0.25, 0.3) is 0 Å². The van der Waals surface area contributed by atoms with Crippen molar-refractivity contribution in [3.05, 3.63) is 6.42 Å². The zero-order valence-corrected chi connectivity index (χ0v) is 6.57. The Bertz CT molecular complexity index is 220. The largest absolute Gasteiger partial charge is 0.336 e. The highest BCUT2D eigenvalue weighted by Gasteiger charge is 2.32. The standard InChI is InChI=1S/C7H8NO4/c1-2-7(11)12-8-5(9)3-4-6(8)10/h2H,3-4H2,1H3. The van der Waals surface area contributed by atoms with Crippen molar-refractivity contribution in [1.82, 2.24) is 5.06 Å². The van der Waals surface area contributed by atoms with Crippen LogP contribution >= 0.6 is 0 Å². The predicted molar refractivity (Wildman–Crippen MR) is 37.2 cm³/mol. The Morgan fingerprint density at radius 2 is 1.92 bits per heavy atom. The molecule has 0 aliphatic carbocycles. The zero-order chi connectivity index (χ0) is 9.14. The smallest absolute Gasteiger partial charge is 0.330 e. The van der Waals surface area contributed by atoms with Crippen molar-refractivity contribution in [1.29, 1.82) is 0 Å². The van der Waals surface area contributed by atoms with Gasteiger partial charge < -0.3 is 4.84 Å². The summed E-state index contributed by atoms with van der Waals surface area (Å²) in [7, 11) is 0. The Kier molecular flexibility index (Phi) is 2.42. The van der Waals surface area contributed by atoms with Crippen molar-refractivity contribution >= 4 is 17.8 Å². The highest BCUT2D eigenvalue weighted by Crippen LogP contribution is 2.12. The molecule has 0 atom stereocenters. The summed E-state index contributed by atoms with van der Waals surface area (Å²) < 4.78 is 0. The molecule has 1 rings (SSSR count). The van der Waals surface area contributed by atoms with Crippen LogP contribution in [0, 0.1) is 6.42 Å². The van der Waals surface area contributed by atoms with Crippen LogP contribution in [0.3, 0.4) is 0 Å². The topological polar surface area (TPSA) is 63.7 Å². The van der Waals surface area contributed by atoms with Gasteiger partial charge in [0.2, 0.25) is 0 Å². The van der Waals surface area contributed by atoms with E-state index < -0.39 is 17.8 Å². The van der Waals surface area contributed by atoms with E-state index in [1.54, 1.807) is 0 Å². The average molecular weight is 170 g/mol. The van der Waals surface area contributed by atoms with Gasteiger partial charge >= 0.3 is 5.97 Å². The summed E-state index contributed by atoms with van der Waals surface area (Å²) in [6.07, 6.45) is 1.38. The molecule has 5 nitrogen and oxygen atoms in total. The maximum Gasteiger partial charge on any atom is 0.336 e. The van der Waals surface area contributed by atoms with E-state index in [-0.39, 0.29) is 12.8 Å². The number of carbonyl (C=O) groups is 3. The molecule has 1 heterocycles. The van der Waals surface area contributed by atoms with Crippen molar-refractivity contribution in [3.8, 4) is 0 Å². The number of hydrogen-bond donors (Lipinski definition) is 0. The third kappa shape index (κ3) is 1.61. The molecule has 1 aliphatic rings. The Hall–Kier alpha value is -1.39. The van der Waals surface area contributed by atoms with Gasteiger partial charge in [-0.1, -0.05) is 6.92 Å². The first kappa shape index (κ1) is 8.70. The molecule has 65 valence electrons. The van der Waals surface area contributed by atoms with E-state index in [0.29, 0.717) is 5.06 Å². The summed E-state index contributed by atoms with van der Waals surface area (Å²) in [5.41, 5.74) is 0. The Balaban J connectivity index is 2.56. The Labute approximate surface area is 69.2 Å². The van der Waals surface area contributed by atoms with Gasteiger partial charge in [-0.3, -0.25) is 9.59 Å². The molecule has 0 aromatic rings. The lowest BCUT2D eigenvalue weighted by Crippen LogP contribution is -2.31. The predicted octanol–water partition coefficient (Wildman–Crippen LogP) is -0.182. The molecule has 0 spiro atoms. The Morgan fingerprint density at radius 1 is 1.42 bits per heavy atom. The van der Waals surface area contributed by atoms with Crippen molar-refractivity contribution in [2.75, 3.05) is 0 Å². The summed E-state index contributed by atoms with van der Waals surface area (Å²) in [6.45, 7) is 1.47. The molecule has 1 radical (unpaired) electrons. The van der Waals surface area contributed by atoms with Crippen LogP contribution in [0.5, 0.6) is 0 Å². The van der Waals surface area contributed by atoms with E-state index in [1.807, 2.05) is 0 Å². The van der Waals surface area contributed by atoms with E-state index >= 15 is 0 Å².